The maximum atomic E-state index is 11.1. The Kier molecular flexibility index (Phi) is 5.34. The van der Waals surface area contributed by atoms with Crippen LogP contribution in [0.2, 0.25) is 0 Å². The van der Waals surface area contributed by atoms with Gasteiger partial charge in [0.15, 0.2) is 0 Å². The van der Waals surface area contributed by atoms with E-state index in [1.165, 1.54) is 32.1 Å². The Morgan fingerprint density at radius 1 is 0.750 bits per heavy atom. The molecule has 1 saturated carbocycles. The minimum absolute atomic E-state index is 0.293. The molecular formula is C25H26O3. The largest absolute Gasteiger partial charge is 0.508 e. The number of carboxylic acids is 1. The Hall–Kier alpha value is -2.81. The normalized spacial score (nSPS) is 15.9. The fourth-order valence-electron chi connectivity index (χ4n) is 4.38. The van der Waals surface area contributed by atoms with Crippen LogP contribution in [0.4, 0.5) is 0 Å². The highest BCUT2D eigenvalue weighted by molar-refractivity contribution is 5.91. The van der Waals surface area contributed by atoms with E-state index in [4.69, 9.17) is 5.11 Å². The monoisotopic (exact) mass is 374 g/mol. The van der Waals surface area contributed by atoms with Gasteiger partial charge < -0.3 is 10.2 Å². The molecule has 0 heterocycles. The summed E-state index contributed by atoms with van der Waals surface area (Å²) in [4.78, 5) is 11.1. The first kappa shape index (κ1) is 18.5. The van der Waals surface area contributed by atoms with Crippen LogP contribution in [0.3, 0.4) is 0 Å². The molecule has 0 aliphatic heterocycles. The third-order valence-electron chi connectivity index (χ3n) is 6.00. The molecule has 3 aromatic rings. The van der Waals surface area contributed by atoms with Crippen molar-refractivity contribution in [3.8, 4) is 16.9 Å². The van der Waals surface area contributed by atoms with E-state index < -0.39 is 5.97 Å². The van der Waals surface area contributed by atoms with Crippen LogP contribution >= 0.6 is 0 Å². The Morgan fingerprint density at radius 3 is 2.07 bits per heavy atom. The first-order valence-electron chi connectivity index (χ1n) is 10.2. The van der Waals surface area contributed by atoms with Gasteiger partial charge in [0.25, 0.3) is 0 Å². The molecular weight excluding hydrogens is 348 g/mol. The highest BCUT2D eigenvalue weighted by atomic mass is 16.4. The number of aromatic carboxylic acids is 1. The third-order valence-corrected chi connectivity index (χ3v) is 6.00. The number of carboxylic acid groups (broad SMARTS) is 1. The van der Waals surface area contributed by atoms with Gasteiger partial charge in [0, 0.05) is 0 Å². The molecule has 28 heavy (non-hydrogen) atoms. The molecule has 1 fully saturated rings. The van der Waals surface area contributed by atoms with Gasteiger partial charge in [-0.15, -0.1) is 0 Å². The Morgan fingerprint density at radius 2 is 1.39 bits per heavy atom. The van der Waals surface area contributed by atoms with Gasteiger partial charge in [0.05, 0.1) is 5.56 Å². The number of carbonyl (C=O) groups is 1. The summed E-state index contributed by atoms with van der Waals surface area (Å²) >= 11 is 0. The van der Waals surface area contributed by atoms with Crippen LogP contribution in [0.15, 0.2) is 54.6 Å². The van der Waals surface area contributed by atoms with Gasteiger partial charge in [-0.2, -0.15) is 0 Å². The van der Waals surface area contributed by atoms with Crippen molar-refractivity contribution in [2.75, 3.05) is 0 Å². The van der Waals surface area contributed by atoms with Gasteiger partial charge in [-0.05, 0) is 76.6 Å². The lowest BCUT2D eigenvalue weighted by molar-refractivity contribution is 0.0697. The molecule has 1 aliphatic rings. The van der Waals surface area contributed by atoms with Crippen LogP contribution in [0, 0.1) is 0 Å². The van der Waals surface area contributed by atoms with Crippen LogP contribution in [0.1, 0.15) is 66.8 Å². The van der Waals surface area contributed by atoms with E-state index in [0.717, 1.165) is 40.3 Å². The molecule has 1 aliphatic carbocycles. The zero-order chi connectivity index (χ0) is 19.5. The third kappa shape index (κ3) is 3.89. The van der Waals surface area contributed by atoms with Crippen molar-refractivity contribution in [3.63, 3.8) is 0 Å². The van der Waals surface area contributed by atoms with E-state index in [1.54, 1.807) is 12.1 Å². The van der Waals surface area contributed by atoms with Crippen molar-refractivity contribution in [1.82, 2.24) is 0 Å². The van der Waals surface area contributed by atoms with E-state index in [0.29, 0.717) is 17.2 Å². The van der Waals surface area contributed by atoms with Gasteiger partial charge >= 0.3 is 5.97 Å². The zero-order valence-electron chi connectivity index (χ0n) is 16.0. The molecule has 2 N–H and O–H groups in total. The number of phenolic OH excluding ortho intramolecular Hbond substituents is 1. The lowest BCUT2D eigenvalue weighted by atomic mass is 9.84. The van der Waals surface area contributed by atoms with E-state index in [2.05, 4.69) is 12.1 Å². The van der Waals surface area contributed by atoms with Gasteiger partial charge in [-0.3, -0.25) is 0 Å². The second-order valence-electron chi connectivity index (χ2n) is 7.90. The van der Waals surface area contributed by atoms with Crippen molar-refractivity contribution >= 4 is 16.7 Å². The molecule has 0 saturated heterocycles. The standard InChI is InChI=1S/C25H26O3/c26-24-16-21-13-12-20(17-8-10-19(11-9-17)25(27)28)14-22(21)15-23(24)18-6-4-2-1-3-5-7-18/h8-16,18,26H,1-7H2,(H,27,28). The summed E-state index contributed by atoms with van der Waals surface area (Å²) in [6, 6.07) is 17.2. The molecule has 0 unspecified atom stereocenters. The summed E-state index contributed by atoms with van der Waals surface area (Å²) in [7, 11) is 0. The number of phenols is 1. The molecule has 4 rings (SSSR count). The smallest absolute Gasteiger partial charge is 0.335 e. The number of rotatable bonds is 3. The first-order chi connectivity index (χ1) is 13.6. The molecule has 3 nitrogen and oxygen atoms in total. The average Bonchev–Trinajstić information content (AvgIpc) is 2.67. The maximum absolute atomic E-state index is 11.1. The van der Waals surface area contributed by atoms with Crippen LogP contribution in [-0.4, -0.2) is 16.2 Å². The summed E-state index contributed by atoms with van der Waals surface area (Å²) in [5.41, 5.74) is 3.42. The van der Waals surface area contributed by atoms with Crippen LogP contribution in [0.5, 0.6) is 5.75 Å². The van der Waals surface area contributed by atoms with E-state index in [9.17, 15) is 9.90 Å². The number of fused-ring (bicyclic) bond motifs is 1. The fraction of sp³-hybridized carbons (Fsp3) is 0.320. The maximum Gasteiger partial charge on any atom is 0.335 e. The predicted octanol–water partition coefficient (Wildman–Crippen LogP) is 6.74. The van der Waals surface area contributed by atoms with Gasteiger partial charge in [0.2, 0.25) is 0 Å². The Labute approximate surface area is 165 Å². The van der Waals surface area contributed by atoms with E-state index in [1.807, 2.05) is 30.3 Å². The average molecular weight is 374 g/mol. The van der Waals surface area contributed by atoms with E-state index in [-0.39, 0.29) is 0 Å². The lowest BCUT2D eigenvalue weighted by Crippen LogP contribution is -2.03. The van der Waals surface area contributed by atoms with Crippen molar-refractivity contribution in [2.24, 2.45) is 0 Å². The Bertz CT molecular complexity index is 981. The molecule has 3 heteroatoms. The molecule has 0 atom stereocenters. The van der Waals surface area contributed by atoms with Gasteiger partial charge in [-0.25, -0.2) is 4.79 Å². The summed E-state index contributed by atoms with van der Waals surface area (Å²) in [6.07, 6.45) is 8.68. The summed E-state index contributed by atoms with van der Waals surface area (Å²) < 4.78 is 0. The SMILES string of the molecule is O=C(O)c1ccc(-c2ccc3cc(O)c(C4CCCCCCC4)cc3c2)cc1. The number of benzene rings is 3. The predicted molar refractivity (Wildman–Crippen MR) is 113 cm³/mol. The van der Waals surface area contributed by atoms with Crippen LogP contribution in [0.25, 0.3) is 21.9 Å². The topological polar surface area (TPSA) is 57.5 Å². The van der Waals surface area contributed by atoms with Crippen molar-refractivity contribution < 1.29 is 15.0 Å². The first-order valence-corrected chi connectivity index (χ1v) is 10.2. The Balaban J connectivity index is 1.69. The van der Waals surface area contributed by atoms with E-state index >= 15 is 0 Å². The van der Waals surface area contributed by atoms with Crippen molar-refractivity contribution in [3.05, 3.63) is 65.7 Å². The number of aromatic hydroxyl groups is 1. The van der Waals surface area contributed by atoms with Crippen molar-refractivity contribution in [2.45, 2.75) is 50.9 Å². The minimum Gasteiger partial charge on any atom is -0.508 e. The lowest BCUT2D eigenvalue weighted by Gasteiger charge is -2.21. The minimum atomic E-state index is -0.913. The van der Waals surface area contributed by atoms with Gasteiger partial charge in [0.1, 0.15) is 5.75 Å². The molecule has 0 radical (unpaired) electrons. The molecule has 0 spiro atoms. The zero-order valence-corrected chi connectivity index (χ0v) is 16.0. The summed E-state index contributed by atoms with van der Waals surface area (Å²) in [5.74, 6) is -0.0655. The quantitative estimate of drug-likeness (QED) is 0.534. The summed E-state index contributed by atoms with van der Waals surface area (Å²) in [6.45, 7) is 0. The molecule has 3 aromatic carbocycles. The highest BCUT2D eigenvalue weighted by Gasteiger charge is 2.18. The molecule has 0 amide bonds. The molecule has 0 bridgehead atoms. The molecule has 144 valence electrons. The van der Waals surface area contributed by atoms with Crippen molar-refractivity contribution in [1.29, 1.82) is 0 Å². The van der Waals surface area contributed by atoms with Crippen LogP contribution < -0.4 is 0 Å². The second kappa shape index (κ2) is 8.05. The summed E-state index contributed by atoms with van der Waals surface area (Å²) in [5, 5.41) is 21.9. The van der Waals surface area contributed by atoms with Crippen LogP contribution in [-0.2, 0) is 0 Å². The fourth-order valence-corrected chi connectivity index (χ4v) is 4.38. The second-order valence-corrected chi connectivity index (χ2v) is 7.90. The highest BCUT2D eigenvalue weighted by Crippen LogP contribution is 2.38. The van der Waals surface area contributed by atoms with Gasteiger partial charge in [-0.1, -0.05) is 56.4 Å². The molecule has 0 aromatic heterocycles. The number of hydrogen-bond acceptors (Lipinski definition) is 2. The number of hydrogen-bond donors (Lipinski definition) is 2.